The Bertz CT molecular complexity index is 302. The Labute approximate surface area is 100 Å². The lowest BCUT2D eigenvalue weighted by Gasteiger charge is -2.19. The molecule has 0 bridgehead atoms. The Hall–Kier alpha value is -1.17. The number of rotatable bonds is 5. The van der Waals surface area contributed by atoms with Crippen LogP contribution in [0.15, 0.2) is 0 Å². The molecule has 1 aliphatic carbocycles. The van der Waals surface area contributed by atoms with E-state index in [2.05, 4.69) is 17.5 Å². The molecule has 0 spiro atoms. The highest BCUT2D eigenvalue weighted by molar-refractivity contribution is 7.80. The van der Waals surface area contributed by atoms with Crippen LogP contribution in [0, 0.1) is 5.92 Å². The predicted molar refractivity (Wildman–Crippen MR) is 64.8 cm³/mol. The molecule has 0 aliphatic heterocycles. The summed E-state index contributed by atoms with van der Waals surface area (Å²) in [4.78, 5) is 24.8. The first-order chi connectivity index (χ1) is 7.54. The first kappa shape index (κ1) is 12.9. The molecule has 0 heterocycles. The molecule has 2 amide bonds. The molecule has 1 fully saturated rings. The number of nitrogens with zero attached hydrogens (tertiary/aromatic N) is 1. The molecular formula is C10H17N3O2S. The van der Waals surface area contributed by atoms with Crippen molar-refractivity contribution in [2.24, 2.45) is 11.7 Å². The minimum absolute atomic E-state index is 0.0703. The van der Waals surface area contributed by atoms with Crippen molar-refractivity contribution in [2.45, 2.75) is 19.8 Å². The van der Waals surface area contributed by atoms with Gasteiger partial charge in [0, 0.05) is 13.1 Å². The number of carbonyl (C=O) groups excluding carboxylic acids is 2. The predicted octanol–water partition coefficient (Wildman–Crippen LogP) is -0.353. The molecule has 0 aromatic rings. The number of carbonyl (C=O) groups is 2. The monoisotopic (exact) mass is 243 g/mol. The van der Waals surface area contributed by atoms with E-state index in [0.29, 0.717) is 19.0 Å². The lowest BCUT2D eigenvalue weighted by molar-refractivity contribution is -0.145. The Kier molecular flexibility index (Phi) is 4.67. The van der Waals surface area contributed by atoms with Gasteiger partial charge < -0.3 is 16.0 Å². The van der Waals surface area contributed by atoms with Crippen molar-refractivity contribution >= 4 is 29.0 Å². The number of nitrogens with two attached hydrogens (primary N) is 1. The highest BCUT2D eigenvalue weighted by atomic mass is 32.1. The molecule has 0 atom stereocenters. The molecule has 0 aromatic heterocycles. The summed E-state index contributed by atoms with van der Waals surface area (Å²) in [7, 11) is 0. The van der Waals surface area contributed by atoms with Crippen LogP contribution >= 0.6 is 12.2 Å². The molecule has 0 unspecified atom stereocenters. The normalized spacial score (nSPS) is 14.3. The summed E-state index contributed by atoms with van der Waals surface area (Å²) in [5.74, 6) is -0.548. The standard InChI is InChI=1S/C10H17N3O2S/c1-2-13(6-7-3-4-7)10(15)9(14)12-5-8(11)16/h7H,2-6H2,1H3,(H2,11,16)(H,12,14). The molecule has 1 aliphatic rings. The summed E-state index contributed by atoms with van der Waals surface area (Å²) in [6.07, 6.45) is 2.30. The van der Waals surface area contributed by atoms with Gasteiger partial charge in [-0.2, -0.15) is 0 Å². The summed E-state index contributed by atoms with van der Waals surface area (Å²) >= 11 is 4.61. The molecule has 16 heavy (non-hydrogen) atoms. The minimum atomic E-state index is -0.629. The van der Waals surface area contributed by atoms with Crippen LogP contribution < -0.4 is 11.1 Å². The van der Waals surface area contributed by atoms with Crippen molar-refractivity contribution in [1.29, 1.82) is 0 Å². The average Bonchev–Trinajstić information content (AvgIpc) is 3.05. The molecule has 6 heteroatoms. The maximum absolute atomic E-state index is 11.7. The second kappa shape index (κ2) is 5.79. The molecule has 1 saturated carbocycles. The fourth-order valence-corrected chi connectivity index (χ4v) is 1.43. The quantitative estimate of drug-likeness (QED) is 0.511. The maximum Gasteiger partial charge on any atom is 0.311 e. The highest BCUT2D eigenvalue weighted by Crippen LogP contribution is 2.29. The van der Waals surface area contributed by atoms with Crippen molar-refractivity contribution in [3.63, 3.8) is 0 Å². The summed E-state index contributed by atoms with van der Waals surface area (Å²) in [5.41, 5.74) is 5.23. The van der Waals surface area contributed by atoms with E-state index < -0.39 is 11.8 Å². The smallest absolute Gasteiger partial charge is 0.311 e. The van der Waals surface area contributed by atoms with E-state index >= 15 is 0 Å². The van der Waals surface area contributed by atoms with Crippen LogP contribution in [-0.2, 0) is 9.59 Å². The van der Waals surface area contributed by atoms with Gasteiger partial charge in [0.25, 0.3) is 0 Å². The van der Waals surface area contributed by atoms with Crippen LogP contribution in [0.1, 0.15) is 19.8 Å². The molecule has 3 N–H and O–H groups in total. The van der Waals surface area contributed by atoms with Crippen molar-refractivity contribution in [3.8, 4) is 0 Å². The van der Waals surface area contributed by atoms with Gasteiger partial charge in [0.15, 0.2) is 0 Å². The molecule has 0 radical (unpaired) electrons. The third kappa shape index (κ3) is 4.14. The van der Waals surface area contributed by atoms with Gasteiger partial charge in [-0.25, -0.2) is 0 Å². The summed E-state index contributed by atoms with van der Waals surface area (Å²) < 4.78 is 0. The van der Waals surface area contributed by atoms with Crippen LogP contribution in [0.25, 0.3) is 0 Å². The number of hydrogen-bond acceptors (Lipinski definition) is 3. The first-order valence-electron chi connectivity index (χ1n) is 5.40. The second-order valence-electron chi connectivity index (χ2n) is 3.94. The van der Waals surface area contributed by atoms with Gasteiger partial charge in [0.2, 0.25) is 0 Å². The van der Waals surface area contributed by atoms with Gasteiger partial charge in [-0.3, -0.25) is 9.59 Å². The molecule has 90 valence electrons. The first-order valence-corrected chi connectivity index (χ1v) is 5.80. The highest BCUT2D eigenvalue weighted by Gasteiger charge is 2.28. The van der Waals surface area contributed by atoms with E-state index in [1.54, 1.807) is 4.90 Å². The fourth-order valence-electron chi connectivity index (χ4n) is 1.35. The summed E-state index contributed by atoms with van der Waals surface area (Å²) in [5, 5.41) is 2.39. The maximum atomic E-state index is 11.7. The van der Waals surface area contributed by atoms with E-state index in [-0.39, 0.29) is 11.5 Å². The average molecular weight is 243 g/mol. The Morgan fingerprint density at radius 3 is 2.56 bits per heavy atom. The number of nitrogens with one attached hydrogen (secondary N) is 1. The van der Waals surface area contributed by atoms with Crippen LogP contribution in [-0.4, -0.2) is 41.3 Å². The largest absolute Gasteiger partial charge is 0.392 e. The number of amides is 2. The van der Waals surface area contributed by atoms with Crippen molar-refractivity contribution in [2.75, 3.05) is 19.6 Å². The van der Waals surface area contributed by atoms with Crippen LogP contribution in [0.2, 0.25) is 0 Å². The zero-order valence-electron chi connectivity index (χ0n) is 9.36. The van der Waals surface area contributed by atoms with Crippen LogP contribution in [0.5, 0.6) is 0 Å². The number of likely N-dealkylation sites (N-methyl/N-ethyl adjacent to an activating group) is 1. The van der Waals surface area contributed by atoms with Gasteiger partial charge in [-0.1, -0.05) is 12.2 Å². The Balaban J connectivity index is 2.39. The van der Waals surface area contributed by atoms with Crippen LogP contribution in [0.4, 0.5) is 0 Å². The zero-order valence-corrected chi connectivity index (χ0v) is 10.2. The fraction of sp³-hybridized carbons (Fsp3) is 0.700. The Morgan fingerprint density at radius 1 is 1.50 bits per heavy atom. The van der Waals surface area contributed by atoms with Crippen molar-refractivity contribution in [1.82, 2.24) is 10.2 Å². The zero-order chi connectivity index (χ0) is 12.1. The van der Waals surface area contributed by atoms with Gasteiger partial charge >= 0.3 is 11.8 Å². The minimum Gasteiger partial charge on any atom is -0.392 e. The third-order valence-corrected chi connectivity index (χ3v) is 2.61. The second-order valence-corrected chi connectivity index (χ2v) is 4.46. The van der Waals surface area contributed by atoms with Crippen LogP contribution in [0.3, 0.4) is 0 Å². The Morgan fingerprint density at radius 2 is 2.12 bits per heavy atom. The van der Waals surface area contributed by atoms with Gasteiger partial charge in [-0.15, -0.1) is 0 Å². The molecular weight excluding hydrogens is 226 g/mol. The molecule has 0 aromatic carbocycles. The summed E-state index contributed by atoms with van der Waals surface area (Å²) in [6.45, 7) is 3.16. The SMILES string of the molecule is CCN(CC1CC1)C(=O)C(=O)NCC(N)=S. The summed E-state index contributed by atoms with van der Waals surface area (Å²) in [6, 6.07) is 0. The van der Waals surface area contributed by atoms with Gasteiger partial charge in [-0.05, 0) is 25.7 Å². The number of hydrogen-bond donors (Lipinski definition) is 2. The van der Waals surface area contributed by atoms with Crippen molar-refractivity contribution < 1.29 is 9.59 Å². The lowest BCUT2D eigenvalue weighted by Crippen LogP contribution is -2.45. The van der Waals surface area contributed by atoms with Gasteiger partial charge in [0.1, 0.15) is 0 Å². The topological polar surface area (TPSA) is 75.4 Å². The molecule has 1 rings (SSSR count). The third-order valence-electron chi connectivity index (χ3n) is 2.46. The van der Waals surface area contributed by atoms with E-state index in [0.717, 1.165) is 12.8 Å². The number of thiocarbonyl (C=S) groups is 1. The van der Waals surface area contributed by atoms with Gasteiger partial charge in [0.05, 0.1) is 11.5 Å². The molecule has 5 nitrogen and oxygen atoms in total. The van der Waals surface area contributed by atoms with E-state index in [9.17, 15) is 9.59 Å². The van der Waals surface area contributed by atoms with E-state index in [1.807, 2.05) is 6.92 Å². The van der Waals surface area contributed by atoms with Crippen molar-refractivity contribution in [3.05, 3.63) is 0 Å². The lowest BCUT2D eigenvalue weighted by atomic mass is 10.3. The molecule has 0 saturated heterocycles. The van der Waals surface area contributed by atoms with E-state index in [4.69, 9.17) is 5.73 Å². The van der Waals surface area contributed by atoms with E-state index in [1.165, 1.54) is 0 Å².